The van der Waals surface area contributed by atoms with Crippen LogP contribution in [0, 0.1) is 0 Å². The SMILES string of the molecule is C=Cc1cccc(NC(C)=O)c1C=C.O=CO. The van der Waals surface area contributed by atoms with E-state index in [4.69, 9.17) is 9.90 Å². The molecule has 0 heterocycles. The zero-order valence-corrected chi connectivity index (χ0v) is 9.64. The van der Waals surface area contributed by atoms with Gasteiger partial charge in [-0.1, -0.05) is 37.4 Å². The first-order chi connectivity index (χ1) is 8.10. The van der Waals surface area contributed by atoms with Crippen LogP contribution < -0.4 is 5.32 Å². The molecule has 0 radical (unpaired) electrons. The third-order valence-electron chi connectivity index (χ3n) is 1.87. The lowest BCUT2D eigenvalue weighted by atomic mass is 10.1. The van der Waals surface area contributed by atoms with E-state index in [0.29, 0.717) is 0 Å². The summed E-state index contributed by atoms with van der Waals surface area (Å²) in [6.45, 7) is 8.64. The molecule has 0 aromatic heterocycles. The van der Waals surface area contributed by atoms with Crippen LogP contribution in [0.1, 0.15) is 18.1 Å². The first kappa shape index (κ1) is 14.6. The van der Waals surface area contributed by atoms with Crippen LogP contribution in [0.4, 0.5) is 5.69 Å². The maximum atomic E-state index is 10.9. The van der Waals surface area contributed by atoms with E-state index in [1.54, 1.807) is 12.2 Å². The number of benzene rings is 1. The van der Waals surface area contributed by atoms with Crippen LogP contribution >= 0.6 is 0 Å². The van der Waals surface area contributed by atoms with Crippen molar-refractivity contribution in [2.24, 2.45) is 0 Å². The van der Waals surface area contributed by atoms with Crippen molar-refractivity contribution in [3.8, 4) is 0 Å². The summed E-state index contributed by atoms with van der Waals surface area (Å²) >= 11 is 0. The fourth-order valence-electron chi connectivity index (χ4n) is 1.29. The van der Waals surface area contributed by atoms with Crippen molar-refractivity contribution >= 4 is 30.2 Å². The number of hydrogen-bond donors (Lipinski definition) is 2. The molecule has 0 aliphatic rings. The smallest absolute Gasteiger partial charge is 0.290 e. The lowest BCUT2D eigenvalue weighted by Gasteiger charge is -2.08. The van der Waals surface area contributed by atoms with Gasteiger partial charge < -0.3 is 10.4 Å². The molecule has 1 aromatic carbocycles. The minimum Gasteiger partial charge on any atom is -0.483 e. The van der Waals surface area contributed by atoms with Crippen molar-refractivity contribution in [2.75, 3.05) is 5.32 Å². The zero-order valence-electron chi connectivity index (χ0n) is 9.64. The average molecular weight is 233 g/mol. The quantitative estimate of drug-likeness (QED) is 0.789. The third-order valence-corrected chi connectivity index (χ3v) is 1.87. The first-order valence-corrected chi connectivity index (χ1v) is 4.84. The second-order valence-electron chi connectivity index (χ2n) is 3.00. The molecule has 1 amide bonds. The number of nitrogens with one attached hydrogen (secondary N) is 1. The van der Waals surface area contributed by atoms with Crippen molar-refractivity contribution in [1.82, 2.24) is 0 Å². The second kappa shape index (κ2) is 7.87. The van der Waals surface area contributed by atoms with Gasteiger partial charge in [0.2, 0.25) is 5.91 Å². The van der Waals surface area contributed by atoms with Crippen LogP contribution in [-0.4, -0.2) is 17.5 Å². The Morgan fingerprint density at radius 3 is 2.35 bits per heavy atom. The van der Waals surface area contributed by atoms with E-state index in [0.717, 1.165) is 16.8 Å². The molecule has 0 fully saturated rings. The summed E-state index contributed by atoms with van der Waals surface area (Å²) in [7, 11) is 0. The molecule has 0 spiro atoms. The molecule has 17 heavy (non-hydrogen) atoms. The highest BCUT2D eigenvalue weighted by Crippen LogP contribution is 2.21. The molecule has 1 aromatic rings. The predicted molar refractivity (Wildman–Crippen MR) is 69.6 cm³/mol. The second-order valence-corrected chi connectivity index (χ2v) is 3.00. The molecular weight excluding hydrogens is 218 g/mol. The molecule has 0 aliphatic carbocycles. The first-order valence-electron chi connectivity index (χ1n) is 4.84. The number of carboxylic acid groups (broad SMARTS) is 1. The van der Waals surface area contributed by atoms with Crippen molar-refractivity contribution < 1.29 is 14.7 Å². The average Bonchev–Trinajstić information content (AvgIpc) is 2.29. The molecule has 2 N–H and O–H groups in total. The van der Waals surface area contributed by atoms with Gasteiger partial charge in [-0.05, 0) is 11.6 Å². The van der Waals surface area contributed by atoms with Gasteiger partial charge in [-0.2, -0.15) is 0 Å². The lowest BCUT2D eigenvalue weighted by Crippen LogP contribution is -2.07. The van der Waals surface area contributed by atoms with Gasteiger partial charge in [-0.15, -0.1) is 0 Å². The van der Waals surface area contributed by atoms with Gasteiger partial charge in [0, 0.05) is 18.2 Å². The summed E-state index contributed by atoms with van der Waals surface area (Å²) in [6.07, 6.45) is 3.45. The zero-order chi connectivity index (χ0) is 13.3. The number of anilines is 1. The van der Waals surface area contributed by atoms with Crippen molar-refractivity contribution in [3.63, 3.8) is 0 Å². The summed E-state index contributed by atoms with van der Waals surface area (Å²) in [4.78, 5) is 19.3. The van der Waals surface area contributed by atoms with E-state index in [1.165, 1.54) is 6.92 Å². The normalized spacial score (nSPS) is 8.29. The Kier molecular flexibility index (Phi) is 6.78. The molecule has 0 aliphatic heterocycles. The maximum Gasteiger partial charge on any atom is 0.290 e. The van der Waals surface area contributed by atoms with Crippen molar-refractivity contribution in [2.45, 2.75) is 6.92 Å². The molecule has 0 unspecified atom stereocenters. The minimum absolute atomic E-state index is 0.0886. The Balaban J connectivity index is 0.000000770. The molecule has 4 heteroatoms. The van der Waals surface area contributed by atoms with Crippen LogP contribution in [0.3, 0.4) is 0 Å². The molecule has 0 atom stereocenters. The van der Waals surface area contributed by atoms with Crippen LogP contribution in [0.15, 0.2) is 31.4 Å². The Morgan fingerprint density at radius 1 is 1.35 bits per heavy atom. The van der Waals surface area contributed by atoms with Crippen LogP contribution in [0.5, 0.6) is 0 Å². The monoisotopic (exact) mass is 233 g/mol. The third kappa shape index (κ3) is 4.79. The molecule has 90 valence electrons. The van der Waals surface area contributed by atoms with Gasteiger partial charge in [0.25, 0.3) is 6.47 Å². The maximum absolute atomic E-state index is 10.9. The molecule has 0 saturated heterocycles. The summed E-state index contributed by atoms with van der Waals surface area (Å²) < 4.78 is 0. The minimum atomic E-state index is -0.250. The largest absolute Gasteiger partial charge is 0.483 e. The van der Waals surface area contributed by atoms with Gasteiger partial charge in [-0.3, -0.25) is 9.59 Å². The van der Waals surface area contributed by atoms with E-state index >= 15 is 0 Å². The highest BCUT2D eigenvalue weighted by atomic mass is 16.3. The van der Waals surface area contributed by atoms with Gasteiger partial charge >= 0.3 is 0 Å². The number of rotatable bonds is 3. The summed E-state index contributed by atoms with van der Waals surface area (Å²) in [5.41, 5.74) is 2.63. The predicted octanol–water partition coefficient (Wildman–Crippen LogP) is 2.63. The van der Waals surface area contributed by atoms with E-state index in [2.05, 4.69) is 18.5 Å². The molecular formula is C13H15NO3. The fraction of sp³-hybridized carbons (Fsp3) is 0.0769. The van der Waals surface area contributed by atoms with E-state index < -0.39 is 0 Å². The van der Waals surface area contributed by atoms with Crippen LogP contribution in [-0.2, 0) is 9.59 Å². The summed E-state index contributed by atoms with van der Waals surface area (Å²) in [6, 6.07) is 5.63. The Hall–Kier alpha value is -2.36. The Labute approximate surface area is 100 Å². The molecule has 0 saturated carbocycles. The van der Waals surface area contributed by atoms with Crippen molar-refractivity contribution in [3.05, 3.63) is 42.5 Å². The highest BCUT2D eigenvalue weighted by molar-refractivity contribution is 5.92. The molecule has 0 bridgehead atoms. The van der Waals surface area contributed by atoms with Crippen LogP contribution in [0.25, 0.3) is 12.2 Å². The number of carbonyl (C=O) groups excluding carboxylic acids is 1. The van der Waals surface area contributed by atoms with E-state index in [1.807, 2.05) is 18.2 Å². The standard InChI is InChI=1S/C12H13NO.CH2O2/c1-4-10-7-6-8-12(11(10)5-2)13-9(3)14;2-1-3/h4-8H,1-2H2,3H3,(H,13,14);1H,(H,2,3). The van der Waals surface area contributed by atoms with Crippen molar-refractivity contribution in [1.29, 1.82) is 0 Å². The summed E-state index contributed by atoms with van der Waals surface area (Å²) in [5.74, 6) is -0.0886. The van der Waals surface area contributed by atoms with Gasteiger partial charge in [0.1, 0.15) is 0 Å². The topological polar surface area (TPSA) is 66.4 Å². The summed E-state index contributed by atoms with van der Waals surface area (Å²) in [5, 5.41) is 9.63. The highest BCUT2D eigenvalue weighted by Gasteiger charge is 2.03. The molecule has 4 nitrogen and oxygen atoms in total. The number of carbonyl (C=O) groups is 2. The number of amides is 1. The van der Waals surface area contributed by atoms with E-state index in [-0.39, 0.29) is 12.4 Å². The Morgan fingerprint density at radius 2 is 1.94 bits per heavy atom. The Bertz CT molecular complexity index is 425. The molecule has 1 rings (SSSR count). The van der Waals surface area contributed by atoms with Crippen LogP contribution in [0.2, 0.25) is 0 Å². The fourth-order valence-corrected chi connectivity index (χ4v) is 1.29. The van der Waals surface area contributed by atoms with Gasteiger partial charge in [0.15, 0.2) is 0 Å². The van der Waals surface area contributed by atoms with Gasteiger partial charge in [-0.25, -0.2) is 0 Å². The lowest BCUT2D eigenvalue weighted by molar-refractivity contribution is -0.123. The number of hydrogen-bond acceptors (Lipinski definition) is 2. The van der Waals surface area contributed by atoms with Gasteiger partial charge in [0.05, 0.1) is 0 Å². The van der Waals surface area contributed by atoms with E-state index in [9.17, 15) is 4.79 Å².